The van der Waals surface area contributed by atoms with Crippen molar-refractivity contribution in [3.63, 3.8) is 0 Å². The molecule has 0 unspecified atom stereocenters. The van der Waals surface area contributed by atoms with Crippen molar-refractivity contribution in [3.05, 3.63) is 42.7 Å². The van der Waals surface area contributed by atoms with Crippen molar-refractivity contribution in [2.75, 3.05) is 31.6 Å². The summed E-state index contributed by atoms with van der Waals surface area (Å²) in [7, 11) is 0. The molecule has 0 saturated carbocycles. The van der Waals surface area contributed by atoms with Crippen LogP contribution in [0.25, 0.3) is 0 Å². The van der Waals surface area contributed by atoms with E-state index in [0.717, 1.165) is 6.42 Å². The number of hydrogen-bond acceptors (Lipinski definition) is 3. The van der Waals surface area contributed by atoms with Gasteiger partial charge in [-0.2, -0.15) is 0 Å². The third-order valence-electron chi connectivity index (χ3n) is 2.32. The summed E-state index contributed by atoms with van der Waals surface area (Å²) in [6, 6.07) is 6.06. The van der Waals surface area contributed by atoms with Crippen LogP contribution in [0.15, 0.2) is 36.9 Å². The molecule has 0 fully saturated rings. The highest BCUT2D eigenvalue weighted by Crippen LogP contribution is 2.11. The van der Waals surface area contributed by atoms with Crippen LogP contribution in [0, 0.1) is 5.82 Å². The molecule has 0 aliphatic carbocycles. The van der Waals surface area contributed by atoms with Crippen LogP contribution in [0.3, 0.4) is 0 Å². The Kier molecular flexibility index (Phi) is 7.46. The van der Waals surface area contributed by atoms with Gasteiger partial charge in [0.05, 0.1) is 25.4 Å². The Labute approximate surface area is 112 Å². The number of carbonyl (C=O) groups is 1. The van der Waals surface area contributed by atoms with Crippen LogP contribution in [-0.2, 0) is 9.53 Å². The van der Waals surface area contributed by atoms with Gasteiger partial charge < -0.3 is 15.4 Å². The van der Waals surface area contributed by atoms with Gasteiger partial charge in [0, 0.05) is 6.54 Å². The number of rotatable bonds is 9. The van der Waals surface area contributed by atoms with Gasteiger partial charge in [0.2, 0.25) is 5.91 Å². The van der Waals surface area contributed by atoms with Crippen LogP contribution < -0.4 is 10.6 Å². The molecule has 0 aliphatic heterocycles. The van der Waals surface area contributed by atoms with Crippen LogP contribution in [0.4, 0.5) is 10.1 Å². The third-order valence-corrected chi connectivity index (χ3v) is 2.32. The summed E-state index contributed by atoms with van der Waals surface area (Å²) in [6.07, 6.45) is 2.60. The zero-order valence-corrected chi connectivity index (χ0v) is 10.8. The molecule has 2 N–H and O–H groups in total. The van der Waals surface area contributed by atoms with E-state index in [0.29, 0.717) is 19.8 Å². The van der Waals surface area contributed by atoms with E-state index in [1.165, 1.54) is 12.1 Å². The van der Waals surface area contributed by atoms with Gasteiger partial charge in [0.15, 0.2) is 0 Å². The molecule has 0 aliphatic rings. The normalized spacial score (nSPS) is 10.2. The highest BCUT2D eigenvalue weighted by atomic mass is 19.1. The fraction of sp³-hybridized carbons (Fsp3) is 0.357. The molecule has 104 valence electrons. The molecule has 0 saturated heterocycles. The maximum atomic E-state index is 13.2. The van der Waals surface area contributed by atoms with Gasteiger partial charge in [-0.1, -0.05) is 18.2 Å². The Morgan fingerprint density at radius 2 is 2.16 bits per heavy atom. The second-order valence-electron chi connectivity index (χ2n) is 3.89. The first-order valence-electron chi connectivity index (χ1n) is 6.17. The molecule has 0 bridgehead atoms. The highest BCUT2D eigenvalue weighted by Gasteiger charge is 2.05. The fourth-order valence-corrected chi connectivity index (χ4v) is 1.37. The number of halogens is 1. The molecule has 1 rings (SSSR count). The maximum Gasteiger partial charge on any atom is 0.238 e. The molecule has 19 heavy (non-hydrogen) atoms. The fourth-order valence-electron chi connectivity index (χ4n) is 1.37. The molecule has 5 heteroatoms. The van der Waals surface area contributed by atoms with Crippen LogP contribution >= 0.6 is 0 Å². The second-order valence-corrected chi connectivity index (χ2v) is 3.89. The number of nitrogens with one attached hydrogen (secondary N) is 2. The lowest BCUT2D eigenvalue weighted by Crippen LogP contribution is -2.30. The SMILES string of the molecule is C=CCCOCCNCC(=O)Nc1ccccc1F. The van der Waals surface area contributed by atoms with Gasteiger partial charge in [0.25, 0.3) is 0 Å². The minimum atomic E-state index is -0.441. The van der Waals surface area contributed by atoms with Crippen LogP contribution in [0.1, 0.15) is 6.42 Å². The first-order chi connectivity index (χ1) is 9.24. The van der Waals surface area contributed by atoms with Crippen molar-refractivity contribution >= 4 is 11.6 Å². The van der Waals surface area contributed by atoms with Crippen LogP contribution in [0.5, 0.6) is 0 Å². The molecule has 0 atom stereocenters. The standard InChI is InChI=1S/C14H19FN2O2/c1-2-3-9-19-10-8-16-11-14(18)17-13-7-5-4-6-12(13)15/h2,4-7,16H,1,3,8-11H2,(H,17,18). The molecule has 0 heterocycles. The Hall–Kier alpha value is -1.72. The Balaban J connectivity index is 2.12. The Bertz CT molecular complexity index is 410. The second kappa shape index (κ2) is 9.24. The van der Waals surface area contributed by atoms with Gasteiger partial charge in [-0.3, -0.25) is 4.79 Å². The monoisotopic (exact) mass is 266 g/mol. The van der Waals surface area contributed by atoms with Crippen molar-refractivity contribution in [2.24, 2.45) is 0 Å². The molecule has 1 amide bonds. The van der Waals surface area contributed by atoms with E-state index in [9.17, 15) is 9.18 Å². The molecule has 1 aromatic rings. The summed E-state index contributed by atoms with van der Waals surface area (Å²) in [5, 5.41) is 5.41. The molecule has 4 nitrogen and oxygen atoms in total. The van der Waals surface area contributed by atoms with E-state index in [1.54, 1.807) is 18.2 Å². The smallest absolute Gasteiger partial charge is 0.238 e. The van der Waals surface area contributed by atoms with Crippen molar-refractivity contribution in [3.8, 4) is 0 Å². The lowest BCUT2D eigenvalue weighted by atomic mass is 10.3. The highest BCUT2D eigenvalue weighted by molar-refractivity contribution is 5.92. The summed E-state index contributed by atoms with van der Waals surface area (Å²) >= 11 is 0. The lowest BCUT2D eigenvalue weighted by Gasteiger charge is -2.07. The van der Waals surface area contributed by atoms with Crippen molar-refractivity contribution < 1.29 is 13.9 Å². The molecule has 0 spiro atoms. The van der Waals surface area contributed by atoms with E-state index >= 15 is 0 Å². The predicted octanol–water partition coefficient (Wildman–Crippen LogP) is 1.95. The average Bonchev–Trinajstić information content (AvgIpc) is 2.40. The summed E-state index contributed by atoms with van der Waals surface area (Å²) in [4.78, 5) is 11.5. The number of amides is 1. The van der Waals surface area contributed by atoms with Gasteiger partial charge in [-0.25, -0.2) is 4.39 Å². The summed E-state index contributed by atoms with van der Waals surface area (Å²) < 4.78 is 18.5. The number of carbonyl (C=O) groups excluding carboxylic acids is 1. The van der Waals surface area contributed by atoms with E-state index in [-0.39, 0.29) is 18.1 Å². The van der Waals surface area contributed by atoms with E-state index in [4.69, 9.17) is 4.74 Å². The van der Waals surface area contributed by atoms with E-state index in [1.807, 2.05) is 0 Å². The largest absolute Gasteiger partial charge is 0.380 e. The number of anilines is 1. The first-order valence-corrected chi connectivity index (χ1v) is 6.17. The zero-order chi connectivity index (χ0) is 13.9. The average molecular weight is 266 g/mol. The minimum absolute atomic E-state index is 0.124. The first kappa shape index (κ1) is 15.3. The van der Waals surface area contributed by atoms with Crippen molar-refractivity contribution in [1.29, 1.82) is 0 Å². The number of hydrogen-bond donors (Lipinski definition) is 2. The lowest BCUT2D eigenvalue weighted by molar-refractivity contribution is -0.115. The Morgan fingerprint density at radius 1 is 1.37 bits per heavy atom. The van der Waals surface area contributed by atoms with Gasteiger partial charge in [-0.05, 0) is 18.6 Å². The van der Waals surface area contributed by atoms with Crippen molar-refractivity contribution in [2.45, 2.75) is 6.42 Å². The number of ether oxygens (including phenoxy) is 1. The van der Waals surface area contributed by atoms with Crippen LogP contribution in [-0.4, -0.2) is 32.2 Å². The molecule has 0 radical (unpaired) electrons. The third kappa shape index (κ3) is 6.69. The predicted molar refractivity (Wildman–Crippen MR) is 73.5 cm³/mol. The van der Waals surface area contributed by atoms with E-state index in [2.05, 4.69) is 17.2 Å². The van der Waals surface area contributed by atoms with E-state index < -0.39 is 5.82 Å². The molecule has 0 aromatic heterocycles. The van der Waals surface area contributed by atoms with Crippen LogP contribution in [0.2, 0.25) is 0 Å². The Morgan fingerprint density at radius 3 is 2.89 bits per heavy atom. The number of para-hydroxylation sites is 1. The van der Waals surface area contributed by atoms with Gasteiger partial charge in [-0.15, -0.1) is 6.58 Å². The van der Waals surface area contributed by atoms with Gasteiger partial charge in [0.1, 0.15) is 5.82 Å². The summed E-state index contributed by atoms with van der Waals surface area (Å²) in [5.41, 5.74) is 0.191. The summed E-state index contributed by atoms with van der Waals surface area (Å²) in [5.74, 6) is -0.722. The summed E-state index contributed by atoms with van der Waals surface area (Å²) in [6.45, 7) is 5.44. The zero-order valence-electron chi connectivity index (χ0n) is 10.8. The number of benzene rings is 1. The van der Waals surface area contributed by atoms with Crippen molar-refractivity contribution in [1.82, 2.24) is 5.32 Å². The topological polar surface area (TPSA) is 50.4 Å². The maximum absolute atomic E-state index is 13.2. The molecule has 1 aromatic carbocycles. The quantitative estimate of drug-likeness (QED) is 0.530. The minimum Gasteiger partial charge on any atom is -0.380 e. The molecular weight excluding hydrogens is 247 g/mol. The van der Waals surface area contributed by atoms with Gasteiger partial charge >= 0.3 is 0 Å². The molecular formula is C14H19FN2O2.